The smallest absolute Gasteiger partial charge is 0.130 e. The molecule has 2 aliphatic heterocycles. The zero-order valence-electron chi connectivity index (χ0n) is 19.0. The summed E-state index contributed by atoms with van der Waals surface area (Å²) < 4.78 is 5.84. The van der Waals surface area contributed by atoms with Crippen molar-refractivity contribution in [2.45, 2.75) is 25.3 Å². The fourth-order valence-electron chi connectivity index (χ4n) is 4.88. The Kier molecular flexibility index (Phi) is 6.86. The van der Waals surface area contributed by atoms with Gasteiger partial charge in [-0.05, 0) is 42.0 Å². The van der Waals surface area contributed by atoms with Crippen molar-refractivity contribution < 1.29 is 9.84 Å². The first kappa shape index (κ1) is 21.9. The van der Waals surface area contributed by atoms with Crippen LogP contribution < -0.4 is 9.64 Å². The van der Waals surface area contributed by atoms with Crippen LogP contribution in [0.5, 0.6) is 5.75 Å². The minimum atomic E-state index is -0.297. The van der Waals surface area contributed by atoms with Crippen LogP contribution in [0, 0.1) is 0 Å². The summed E-state index contributed by atoms with van der Waals surface area (Å²) in [7, 11) is 0. The number of aromatic nitrogens is 1. The van der Waals surface area contributed by atoms with E-state index in [4.69, 9.17) is 4.74 Å². The molecule has 0 amide bonds. The van der Waals surface area contributed by atoms with E-state index in [1.807, 2.05) is 30.3 Å². The number of hydrogen-bond donors (Lipinski definition) is 1. The second-order valence-electron chi connectivity index (χ2n) is 8.94. The summed E-state index contributed by atoms with van der Waals surface area (Å²) in [6, 6.07) is 24.9. The largest absolute Gasteiger partial charge is 0.487 e. The molecule has 1 aromatic heterocycles. The van der Waals surface area contributed by atoms with E-state index in [0.717, 1.165) is 57.3 Å². The average molecular weight is 445 g/mol. The number of hydrogen-bond acceptors (Lipinski definition) is 6. The lowest BCUT2D eigenvalue weighted by molar-refractivity contribution is 0.0791. The van der Waals surface area contributed by atoms with Crippen LogP contribution in [0.15, 0.2) is 79.0 Å². The molecule has 0 radical (unpaired) electrons. The number of para-hydroxylation sites is 1. The van der Waals surface area contributed by atoms with Gasteiger partial charge in [-0.15, -0.1) is 0 Å². The third-order valence-electron chi connectivity index (χ3n) is 6.68. The molecule has 2 aromatic carbocycles. The van der Waals surface area contributed by atoms with Gasteiger partial charge < -0.3 is 14.7 Å². The van der Waals surface area contributed by atoms with Crippen LogP contribution in [-0.4, -0.2) is 71.3 Å². The number of β-amino-alcohol motifs (C(OH)–C–C–N with tert-alkyl or cyclic N) is 1. The molecule has 2 fully saturated rings. The van der Waals surface area contributed by atoms with E-state index in [9.17, 15) is 5.11 Å². The van der Waals surface area contributed by atoms with Crippen LogP contribution in [0.2, 0.25) is 0 Å². The molecule has 3 aromatic rings. The van der Waals surface area contributed by atoms with Gasteiger partial charge in [0.1, 0.15) is 12.4 Å². The van der Waals surface area contributed by atoms with E-state index in [1.54, 1.807) is 6.20 Å². The van der Waals surface area contributed by atoms with Gasteiger partial charge in [-0.25, -0.2) is 0 Å². The SMILES string of the molecule is O[C@H]1CN(Cc2ccc(OCc3ccccn3)cc2)C[C@@H]1N1CCN(c2ccccc2)CC1. The van der Waals surface area contributed by atoms with Crippen LogP contribution in [0.1, 0.15) is 11.3 Å². The first-order valence-electron chi connectivity index (χ1n) is 11.8. The number of likely N-dealkylation sites (tertiary alicyclic amines) is 1. The van der Waals surface area contributed by atoms with Gasteiger partial charge in [-0.1, -0.05) is 36.4 Å². The highest BCUT2D eigenvalue weighted by Gasteiger charge is 2.36. The lowest BCUT2D eigenvalue weighted by Crippen LogP contribution is -2.53. The van der Waals surface area contributed by atoms with Crippen LogP contribution in [0.3, 0.4) is 0 Å². The number of pyridine rings is 1. The van der Waals surface area contributed by atoms with Gasteiger partial charge in [0.15, 0.2) is 0 Å². The van der Waals surface area contributed by atoms with Crippen LogP contribution in [0.25, 0.3) is 0 Å². The molecule has 0 unspecified atom stereocenters. The molecule has 0 spiro atoms. The molecule has 6 nitrogen and oxygen atoms in total. The van der Waals surface area contributed by atoms with E-state index < -0.39 is 0 Å². The molecular formula is C27H32N4O2. The van der Waals surface area contributed by atoms with Gasteiger partial charge in [0.2, 0.25) is 0 Å². The van der Waals surface area contributed by atoms with E-state index >= 15 is 0 Å². The second kappa shape index (κ2) is 10.3. The molecule has 1 N–H and O–H groups in total. The number of nitrogens with zero attached hydrogens (tertiary/aromatic N) is 4. The Morgan fingerprint density at radius 1 is 0.848 bits per heavy atom. The van der Waals surface area contributed by atoms with Crippen molar-refractivity contribution in [2.75, 3.05) is 44.2 Å². The van der Waals surface area contributed by atoms with Gasteiger partial charge in [-0.2, -0.15) is 0 Å². The summed E-state index contributed by atoms with van der Waals surface area (Å²) in [4.78, 5) is 11.6. The normalized spacial score (nSPS) is 21.9. The topological polar surface area (TPSA) is 52.1 Å². The van der Waals surface area contributed by atoms with Crippen molar-refractivity contribution in [3.8, 4) is 5.75 Å². The average Bonchev–Trinajstić information content (AvgIpc) is 3.24. The van der Waals surface area contributed by atoms with Crippen LogP contribution in [0.4, 0.5) is 5.69 Å². The third kappa shape index (κ3) is 5.53. The van der Waals surface area contributed by atoms with Crippen molar-refractivity contribution in [2.24, 2.45) is 0 Å². The van der Waals surface area contributed by atoms with Crippen molar-refractivity contribution in [3.05, 3.63) is 90.3 Å². The number of aliphatic hydroxyl groups is 1. The van der Waals surface area contributed by atoms with E-state index in [0.29, 0.717) is 6.61 Å². The third-order valence-corrected chi connectivity index (χ3v) is 6.68. The van der Waals surface area contributed by atoms with Crippen molar-refractivity contribution >= 4 is 5.69 Å². The molecule has 3 heterocycles. The summed E-state index contributed by atoms with van der Waals surface area (Å²) in [5, 5.41) is 10.8. The molecule has 172 valence electrons. The Bertz CT molecular complexity index is 992. The van der Waals surface area contributed by atoms with Gasteiger partial charge in [-0.3, -0.25) is 14.8 Å². The Balaban J connectivity index is 1.10. The highest BCUT2D eigenvalue weighted by atomic mass is 16.5. The molecule has 5 rings (SSSR count). The van der Waals surface area contributed by atoms with Crippen LogP contribution in [-0.2, 0) is 13.2 Å². The number of aliphatic hydroxyl groups excluding tert-OH is 1. The lowest BCUT2D eigenvalue weighted by atomic mass is 10.1. The molecule has 0 bridgehead atoms. The summed E-state index contributed by atoms with van der Waals surface area (Å²) in [6.45, 7) is 6.95. The summed E-state index contributed by atoms with van der Waals surface area (Å²) >= 11 is 0. The van der Waals surface area contributed by atoms with Gasteiger partial charge in [0, 0.05) is 63.7 Å². The van der Waals surface area contributed by atoms with Gasteiger partial charge in [0.25, 0.3) is 0 Å². The fourth-order valence-corrected chi connectivity index (χ4v) is 4.88. The van der Waals surface area contributed by atoms with Crippen molar-refractivity contribution in [1.82, 2.24) is 14.8 Å². The molecular weight excluding hydrogens is 412 g/mol. The molecule has 0 aliphatic carbocycles. The predicted octanol–water partition coefficient (Wildman–Crippen LogP) is 3.03. The van der Waals surface area contributed by atoms with E-state index in [-0.39, 0.29) is 12.1 Å². The summed E-state index contributed by atoms with van der Waals surface area (Å²) in [5.74, 6) is 0.847. The number of ether oxygens (including phenoxy) is 1. The zero-order chi connectivity index (χ0) is 22.5. The van der Waals surface area contributed by atoms with E-state index in [2.05, 4.69) is 62.1 Å². The molecule has 2 aliphatic rings. The second-order valence-corrected chi connectivity index (χ2v) is 8.94. The van der Waals surface area contributed by atoms with Crippen molar-refractivity contribution in [1.29, 1.82) is 0 Å². The van der Waals surface area contributed by atoms with Crippen molar-refractivity contribution in [3.63, 3.8) is 0 Å². The summed E-state index contributed by atoms with van der Waals surface area (Å²) in [5.41, 5.74) is 3.45. The highest BCUT2D eigenvalue weighted by molar-refractivity contribution is 5.46. The predicted molar refractivity (Wildman–Crippen MR) is 130 cm³/mol. The minimum absolute atomic E-state index is 0.212. The van der Waals surface area contributed by atoms with Gasteiger partial charge >= 0.3 is 0 Å². The van der Waals surface area contributed by atoms with E-state index in [1.165, 1.54) is 11.3 Å². The molecule has 33 heavy (non-hydrogen) atoms. The molecule has 2 saturated heterocycles. The Morgan fingerprint density at radius 3 is 2.33 bits per heavy atom. The highest BCUT2D eigenvalue weighted by Crippen LogP contribution is 2.23. The zero-order valence-corrected chi connectivity index (χ0v) is 19.0. The fraction of sp³-hybridized carbons (Fsp3) is 0.370. The number of benzene rings is 2. The Hall–Kier alpha value is -2.93. The summed E-state index contributed by atoms with van der Waals surface area (Å²) in [6.07, 6.45) is 1.48. The maximum Gasteiger partial charge on any atom is 0.130 e. The van der Waals surface area contributed by atoms with Crippen LogP contribution >= 0.6 is 0 Å². The first-order chi connectivity index (χ1) is 16.2. The number of piperazine rings is 1. The minimum Gasteiger partial charge on any atom is -0.487 e. The quantitative estimate of drug-likeness (QED) is 0.605. The monoisotopic (exact) mass is 444 g/mol. The number of rotatable bonds is 7. The maximum atomic E-state index is 10.8. The molecule has 2 atom stereocenters. The maximum absolute atomic E-state index is 10.8. The van der Waals surface area contributed by atoms with Gasteiger partial charge in [0.05, 0.1) is 11.8 Å². The standard InChI is InChI=1S/C27H32N4O2/c32-27-20-29(18-22-9-11-25(12-10-22)33-21-23-6-4-5-13-28-23)19-26(27)31-16-14-30(15-17-31)24-7-2-1-3-8-24/h1-13,26-27,32H,14-21H2/t26-,27-/m0/s1. The molecule has 6 heteroatoms. The Labute approximate surface area is 196 Å². The molecule has 0 saturated carbocycles. The first-order valence-corrected chi connectivity index (χ1v) is 11.8. The number of anilines is 1. The lowest BCUT2D eigenvalue weighted by Gasteiger charge is -2.39. The Morgan fingerprint density at radius 2 is 1.61 bits per heavy atom.